The lowest BCUT2D eigenvalue weighted by molar-refractivity contribution is 0.365. The van der Waals surface area contributed by atoms with Gasteiger partial charge in [0.25, 0.3) is 0 Å². The number of fused-ring (bicyclic) bond motifs is 1. The van der Waals surface area contributed by atoms with Crippen LogP contribution in [0.4, 0.5) is 8.78 Å². The number of amidine groups is 1. The van der Waals surface area contributed by atoms with E-state index >= 15 is 0 Å². The first-order valence-corrected chi connectivity index (χ1v) is 12.8. The van der Waals surface area contributed by atoms with Crippen LogP contribution in [0.5, 0.6) is 0 Å². The van der Waals surface area contributed by atoms with Crippen LogP contribution in [0.25, 0.3) is 0 Å². The Morgan fingerprint density at radius 1 is 1.43 bits per heavy atom. The molecule has 1 saturated heterocycles. The van der Waals surface area contributed by atoms with Gasteiger partial charge in [-0.05, 0) is 76.4 Å². The minimum atomic E-state index is -0.877. The highest BCUT2D eigenvalue weighted by Crippen LogP contribution is 2.35. The van der Waals surface area contributed by atoms with Crippen LogP contribution in [0.15, 0.2) is 75.6 Å². The average molecular weight is 523 g/mol. The fourth-order valence-corrected chi connectivity index (χ4v) is 4.13. The van der Waals surface area contributed by atoms with E-state index in [1.807, 2.05) is 32.5 Å². The second kappa shape index (κ2) is 16.5. The Labute approximate surface area is 218 Å². The molecular formula is C27H37ClF2N4S. The fraction of sp³-hybridized carbons (Fsp3) is 0.407. The monoisotopic (exact) mass is 522 g/mol. The lowest BCUT2D eigenvalue weighted by atomic mass is 10.0. The van der Waals surface area contributed by atoms with Gasteiger partial charge in [0.15, 0.2) is 0 Å². The zero-order valence-electron chi connectivity index (χ0n) is 21.2. The second-order valence-corrected chi connectivity index (χ2v) is 9.70. The van der Waals surface area contributed by atoms with Gasteiger partial charge in [-0.15, -0.1) is 0 Å². The maximum absolute atomic E-state index is 12.9. The van der Waals surface area contributed by atoms with Crippen molar-refractivity contribution in [1.29, 1.82) is 5.41 Å². The van der Waals surface area contributed by atoms with Crippen molar-refractivity contribution >= 4 is 34.9 Å². The molecule has 0 saturated carbocycles. The Bertz CT molecular complexity index is 952. The maximum Gasteiger partial charge on any atom is 0.141 e. The summed E-state index contributed by atoms with van der Waals surface area (Å²) in [6.45, 7) is 11.3. The summed E-state index contributed by atoms with van der Waals surface area (Å²) in [6.07, 6.45) is 5.85. The minimum Gasteiger partial charge on any atom is -0.329 e. The lowest BCUT2D eigenvalue weighted by Gasteiger charge is -2.29. The van der Waals surface area contributed by atoms with Crippen LogP contribution in [0, 0.1) is 17.1 Å². The molecule has 35 heavy (non-hydrogen) atoms. The average Bonchev–Trinajstić information content (AvgIpc) is 3.18. The molecule has 4 nitrogen and oxygen atoms in total. The number of halogens is 3. The SMILES string of the molecule is C=C(S/C=C\C)C1=NCC(C(=N)/C=C\CC(C)F)=C2CC(C)CN12.CNC.Fc1cccc(Cl)c1. The first-order chi connectivity index (χ1) is 16.6. The number of rotatable bonds is 7. The van der Waals surface area contributed by atoms with Gasteiger partial charge in [0.1, 0.15) is 17.8 Å². The molecule has 0 aliphatic carbocycles. The van der Waals surface area contributed by atoms with Crippen molar-refractivity contribution in [2.24, 2.45) is 10.9 Å². The maximum atomic E-state index is 12.9. The third-order valence-corrected chi connectivity index (χ3v) is 5.92. The molecule has 0 aromatic heterocycles. The molecule has 0 amide bonds. The van der Waals surface area contributed by atoms with Crippen LogP contribution >= 0.6 is 23.4 Å². The zero-order valence-corrected chi connectivity index (χ0v) is 22.8. The number of allylic oxidation sites excluding steroid dienone is 4. The van der Waals surface area contributed by atoms with E-state index in [2.05, 4.69) is 28.7 Å². The summed E-state index contributed by atoms with van der Waals surface area (Å²) in [4.78, 5) is 7.83. The number of benzene rings is 1. The minimum absolute atomic E-state index is 0.294. The molecule has 2 unspecified atom stereocenters. The number of nitrogens with one attached hydrogen (secondary N) is 2. The Hall–Kier alpha value is -2.22. The topological polar surface area (TPSA) is 51.5 Å². The quantitative estimate of drug-likeness (QED) is 0.366. The van der Waals surface area contributed by atoms with Crippen molar-refractivity contribution in [3.63, 3.8) is 0 Å². The number of hydrogen-bond acceptors (Lipinski definition) is 5. The predicted molar refractivity (Wildman–Crippen MR) is 150 cm³/mol. The van der Waals surface area contributed by atoms with Gasteiger partial charge in [0, 0.05) is 27.7 Å². The molecule has 0 radical (unpaired) electrons. The molecule has 1 aromatic carbocycles. The van der Waals surface area contributed by atoms with Crippen molar-refractivity contribution in [1.82, 2.24) is 10.2 Å². The summed E-state index contributed by atoms with van der Waals surface area (Å²) in [5.41, 5.74) is 2.58. The van der Waals surface area contributed by atoms with Crippen molar-refractivity contribution in [2.45, 2.75) is 39.8 Å². The van der Waals surface area contributed by atoms with E-state index < -0.39 is 6.17 Å². The molecule has 2 aliphatic heterocycles. The highest BCUT2D eigenvalue weighted by molar-refractivity contribution is 8.06. The van der Waals surface area contributed by atoms with Gasteiger partial charge in [-0.25, -0.2) is 8.78 Å². The zero-order chi connectivity index (χ0) is 26.4. The Morgan fingerprint density at radius 3 is 2.66 bits per heavy atom. The molecule has 1 fully saturated rings. The van der Waals surface area contributed by atoms with Gasteiger partial charge in [-0.1, -0.05) is 55.1 Å². The van der Waals surface area contributed by atoms with Gasteiger partial charge >= 0.3 is 0 Å². The molecule has 1 aromatic rings. The number of nitrogens with zero attached hydrogens (tertiary/aromatic N) is 2. The van der Waals surface area contributed by atoms with E-state index in [0.29, 0.717) is 29.6 Å². The van der Waals surface area contributed by atoms with Gasteiger partial charge in [0.05, 0.1) is 12.3 Å². The van der Waals surface area contributed by atoms with Gasteiger partial charge in [-0.3, -0.25) is 4.99 Å². The van der Waals surface area contributed by atoms with Crippen LogP contribution in [0.2, 0.25) is 5.02 Å². The smallest absolute Gasteiger partial charge is 0.141 e. The third-order valence-electron chi connectivity index (χ3n) is 4.81. The molecule has 192 valence electrons. The van der Waals surface area contributed by atoms with Crippen LogP contribution in [-0.2, 0) is 0 Å². The molecule has 2 atom stereocenters. The number of aliphatic imine (C=N–C) groups is 1. The van der Waals surface area contributed by atoms with Crippen molar-refractivity contribution in [3.05, 3.63) is 81.5 Å². The van der Waals surface area contributed by atoms with E-state index in [9.17, 15) is 8.78 Å². The van der Waals surface area contributed by atoms with Crippen molar-refractivity contribution in [3.8, 4) is 0 Å². The van der Waals surface area contributed by atoms with E-state index in [0.717, 1.165) is 29.3 Å². The fourth-order valence-electron chi connectivity index (χ4n) is 3.37. The molecule has 2 heterocycles. The number of hydrogen-bond donors (Lipinski definition) is 2. The van der Waals surface area contributed by atoms with E-state index in [1.165, 1.54) is 24.8 Å². The summed E-state index contributed by atoms with van der Waals surface area (Å²) in [5.74, 6) is 1.16. The van der Waals surface area contributed by atoms with Gasteiger partial charge in [0.2, 0.25) is 0 Å². The summed E-state index contributed by atoms with van der Waals surface area (Å²) < 4.78 is 25.0. The standard InChI is InChI=1S/C19H26FN3S.C6H4ClF.C2H7N/c1-5-9-24-15(4)19-22-11-16(17(21)8-6-7-14(3)20)18-10-13(2)12-23(18)19;7-5-2-1-3-6(8)4-5;1-3-2/h5-6,8-9,13-14,21H,4,7,10-12H2,1-3H3;1-4H;3H,1-2H3/b8-6-,9-5-,21-17?;;. The van der Waals surface area contributed by atoms with Crippen molar-refractivity contribution < 1.29 is 8.78 Å². The summed E-state index contributed by atoms with van der Waals surface area (Å²) in [7, 11) is 3.75. The first-order valence-electron chi connectivity index (χ1n) is 11.5. The van der Waals surface area contributed by atoms with Crippen molar-refractivity contribution in [2.75, 3.05) is 27.2 Å². The number of thioether (sulfide) groups is 1. The van der Waals surface area contributed by atoms with Gasteiger partial charge in [-0.2, -0.15) is 0 Å². The van der Waals surface area contributed by atoms with E-state index in [4.69, 9.17) is 17.0 Å². The normalized spacial score (nSPS) is 17.9. The lowest BCUT2D eigenvalue weighted by Crippen LogP contribution is -2.33. The molecular weight excluding hydrogens is 486 g/mol. The molecule has 2 N–H and O–H groups in total. The van der Waals surface area contributed by atoms with Crippen LogP contribution < -0.4 is 5.32 Å². The first kappa shape index (κ1) is 30.8. The Kier molecular flexibility index (Phi) is 14.5. The summed E-state index contributed by atoms with van der Waals surface area (Å²) in [5, 5.41) is 13.5. The Balaban J connectivity index is 0.000000461. The summed E-state index contributed by atoms with van der Waals surface area (Å²) >= 11 is 6.99. The largest absolute Gasteiger partial charge is 0.329 e. The van der Waals surface area contributed by atoms with Crippen LogP contribution in [0.1, 0.15) is 33.6 Å². The van der Waals surface area contributed by atoms with E-state index in [1.54, 1.807) is 36.0 Å². The number of alkyl halides is 1. The highest BCUT2D eigenvalue weighted by Gasteiger charge is 2.33. The van der Waals surface area contributed by atoms with E-state index in [-0.39, 0.29) is 5.82 Å². The molecule has 8 heteroatoms. The highest BCUT2D eigenvalue weighted by atomic mass is 35.5. The van der Waals surface area contributed by atoms with Crippen LogP contribution in [-0.4, -0.2) is 49.8 Å². The molecule has 3 rings (SSSR count). The predicted octanol–water partition coefficient (Wildman–Crippen LogP) is 7.41. The third kappa shape index (κ3) is 10.9. The second-order valence-electron chi connectivity index (χ2n) is 8.27. The molecule has 2 aliphatic rings. The summed E-state index contributed by atoms with van der Waals surface area (Å²) in [6, 6.07) is 5.82. The Morgan fingerprint density at radius 2 is 2.11 bits per heavy atom. The molecule has 0 bridgehead atoms. The van der Waals surface area contributed by atoms with Crippen LogP contribution in [0.3, 0.4) is 0 Å². The molecule has 0 spiro atoms. The van der Waals surface area contributed by atoms with Gasteiger partial charge < -0.3 is 15.6 Å².